The minimum Gasteiger partial charge on any atom is -0.309 e. The number of nitrogens with zero attached hydrogens (tertiary/aromatic N) is 1. The summed E-state index contributed by atoms with van der Waals surface area (Å²) in [7, 11) is 0. The lowest BCUT2D eigenvalue weighted by molar-refractivity contribution is 0.663. The number of hydrogen-bond donors (Lipinski definition) is 2. The summed E-state index contributed by atoms with van der Waals surface area (Å²) in [5, 5.41) is 6.04. The van der Waals surface area contributed by atoms with Gasteiger partial charge < -0.3 is 10.3 Å². The van der Waals surface area contributed by atoms with Crippen LogP contribution in [0.2, 0.25) is 0 Å². The molecule has 2 aromatic heterocycles. The number of aromatic nitrogens is 2. The van der Waals surface area contributed by atoms with Crippen LogP contribution in [0.15, 0.2) is 58.7 Å². The minimum atomic E-state index is -0.0778. The third-order valence-corrected chi connectivity index (χ3v) is 5.65. The van der Waals surface area contributed by atoms with Gasteiger partial charge in [0, 0.05) is 17.5 Å². The predicted octanol–water partition coefficient (Wildman–Crippen LogP) is 4.56. The fourth-order valence-electron chi connectivity index (χ4n) is 3.12. The SMILES string of the molecule is Cc1ccc(-c2csc3nc(CNCc4ccccc4)[nH]c(=O)c23)cc1C. The van der Waals surface area contributed by atoms with Crippen molar-refractivity contribution < 1.29 is 0 Å². The summed E-state index contributed by atoms with van der Waals surface area (Å²) in [5.74, 6) is 0.664. The molecule has 0 saturated carbocycles. The smallest absolute Gasteiger partial charge is 0.260 e. The van der Waals surface area contributed by atoms with E-state index >= 15 is 0 Å². The molecule has 2 aromatic carbocycles. The molecule has 0 atom stereocenters. The van der Waals surface area contributed by atoms with Gasteiger partial charge in [-0.1, -0.05) is 48.5 Å². The average Bonchev–Trinajstić information content (AvgIpc) is 3.09. The summed E-state index contributed by atoms with van der Waals surface area (Å²) < 4.78 is 0. The molecule has 136 valence electrons. The van der Waals surface area contributed by atoms with Crippen LogP contribution in [0.1, 0.15) is 22.5 Å². The van der Waals surface area contributed by atoms with Gasteiger partial charge >= 0.3 is 0 Å². The molecule has 27 heavy (non-hydrogen) atoms. The molecule has 0 aliphatic carbocycles. The van der Waals surface area contributed by atoms with Crippen LogP contribution >= 0.6 is 11.3 Å². The predicted molar refractivity (Wildman–Crippen MR) is 112 cm³/mol. The molecule has 0 aliphatic rings. The first kappa shape index (κ1) is 17.6. The Bertz CT molecular complexity index is 1150. The molecule has 0 unspecified atom stereocenters. The Kier molecular flexibility index (Phi) is 4.88. The van der Waals surface area contributed by atoms with Gasteiger partial charge in [-0.3, -0.25) is 4.79 Å². The molecule has 2 N–H and O–H groups in total. The third-order valence-electron chi connectivity index (χ3n) is 4.78. The van der Waals surface area contributed by atoms with E-state index in [0.29, 0.717) is 17.8 Å². The molecular formula is C22H21N3OS. The first-order chi connectivity index (χ1) is 13.1. The lowest BCUT2D eigenvalue weighted by Gasteiger charge is -2.06. The Labute approximate surface area is 161 Å². The van der Waals surface area contributed by atoms with E-state index in [2.05, 4.69) is 59.5 Å². The molecule has 0 radical (unpaired) electrons. The summed E-state index contributed by atoms with van der Waals surface area (Å²) in [6.45, 7) is 5.44. The number of nitrogens with one attached hydrogen (secondary N) is 2. The standard InChI is InChI=1S/C22H21N3OS/c1-14-8-9-17(10-15(14)2)18-13-27-22-20(18)21(26)24-19(25-22)12-23-11-16-6-4-3-5-7-16/h3-10,13,23H,11-12H2,1-2H3,(H,24,25,26). The number of rotatable bonds is 5. The Hall–Kier alpha value is -2.76. The van der Waals surface area contributed by atoms with Crippen molar-refractivity contribution in [3.05, 3.63) is 86.8 Å². The van der Waals surface area contributed by atoms with Crippen molar-refractivity contribution in [3.8, 4) is 11.1 Å². The van der Waals surface area contributed by atoms with Crippen LogP contribution in [-0.2, 0) is 13.1 Å². The third kappa shape index (κ3) is 3.70. The Morgan fingerprint density at radius 2 is 1.85 bits per heavy atom. The molecule has 0 bridgehead atoms. The molecule has 5 heteroatoms. The maximum Gasteiger partial charge on any atom is 0.260 e. The van der Waals surface area contributed by atoms with Gasteiger partial charge in [0.1, 0.15) is 10.7 Å². The zero-order valence-corrected chi connectivity index (χ0v) is 16.2. The van der Waals surface area contributed by atoms with Gasteiger partial charge in [-0.2, -0.15) is 0 Å². The molecule has 4 rings (SSSR count). The number of H-pyrrole nitrogens is 1. The van der Waals surface area contributed by atoms with E-state index in [0.717, 1.165) is 22.5 Å². The van der Waals surface area contributed by atoms with Crippen LogP contribution in [0.5, 0.6) is 0 Å². The van der Waals surface area contributed by atoms with Crippen molar-refractivity contribution >= 4 is 21.6 Å². The molecule has 0 aliphatic heterocycles. The van der Waals surface area contributed by atoms with Crippen LogP contribution in [-0.4, -0.2) is 9.97 Å². The van der Waals surface area contributed by atoms with Crippen LogP contribution < -0.4 is 10.9 Å². The largest absolute Gasteiger partial charge is 0.309 e. The summed E-state index contributed by atoms with van der Waals surface area (Å²) in [6.07, 6.45) is 0. The van der Waals surface area contributed by atoms with E-state index in [1.807, 2.05) is 23.6 Å². The molecule has 4 nitrogen and oxygen atoms in total. The van der Waals surface area contributed by atoms with Crippen LogP contribution in [0.25, 0.3) is 21.3 Å². The highest BCUT2D eigenvalue weighted by molar-refractivity contribution is 7.17. The number of aryl methyl sites for hydroxylation is 2. The Morgan fingerprint density at radius 3 is 2.63 bits per heavy atom. The average molecular weight is 375 g/mol. The molecule has 0 amide bonds. The van der Waals surface area contributed by atoms with E-state index in [1.54, 1.807) is 0 Å². The summed E-state index contributed by atoms with van der Waals surface area (Å²) in [4.78, 5) is 21.1. The van der Waals surface area contributed by atoms with E-state index in [9.17, 15) is 4.79 Å². The van der Waals surface area contributed by atoms with Gasteiger partial charge in [-0.25, -0.2) is 4.98 Å². The second-order valence-corrected chi connectivity index (χ2v) is 7.59. The lowest BCUT2D eigenvalue weighted by Crippen LogP contribution is -2.19. The normalized spacial score (nSPS) is 11.2. The molecule has 0 fully saturated rings. The van der Waals surface area contributed by atoms with Gasteiger partial charge in [-0.05, 0) is 36.1 Å². The monoisotopic (exact) mass is 375 g/mol. The zero-order valence-electron chi connectivity index (χ0n) is 15.4. The second kappa shape index (κ2) is 7.47. The van der Waals surface area contributed by atoms with Gasteiger partial charge in [-0.15, -0.1) is 11.3 Å². The summed E-state index contributed by atoms with van der Waals surface area (Å²) in [5.41, 5.74) is 5.61. The quantitative estimate of drug-likeness (QED) is 0.538. The number of thiophene rings is 1. The first-order valence-corrected chi connectivity index (χ1v) is 9.82. The van der Waals surface area contributed by atoms with Gasteiger partial charge in [0.15, 0.2) is 0 Å². The minimum absolute atomic E-state index is 0.0778. The summed E-state index contributed by atoms with van der Waals surface area (Å²) >= 11 is 1.52. The maximum atomic E-state index is 12.7. The Balaban J connectivity index is 1.59. The topological polar surface area (TPSA) is 57.8 Å². The first-order valence-electron chi connectivity index (χ1n) is 8.94. The van der Waals surface area contributed by atoms with Crippen LogP contribution in [0.3, 0.4) is 0 Å². The molecule has 0 spiro atoms. The zero-order chi connectivity index (χ0) is 18.8. The number of fused-ring (bicyclic) bond motifs is 1. The van der Waals surface area contributed by atoms with Crippen LogP contribution in [0, 0.1) is 13.8 Å². The summed E-state index contributed by atoms with van der Waals surface area (Å²) in [6, 6.07) is 16.5. The van der Waals surface area contributed by atoms with Crippen molar-refractivity contribution in [1.82, 2.24) is 15.3 Å². The molecular weight excluding hydrogens is 354 g/mol. The Morgan fingerprint density at radius 1 is 1.04 bits per heavy atom. The van der Waals surface area contributed by atoms with Crippen LogP contribution in [0.4, 0.5) is 0 Å². The van der Waals surface area contributed by atoms with E-state index in [-0.39, 0.29) is 5.56 Å². The van der Waals surface area contributed by atoms with Crippen molar-refractivity contribution in [2.75, 3.05) is 0 Å². The molecule has 0 saturated heterocycles. The van der Waals surface area contributed by atoms with Gasteiger partial charge in [0.2, 0.25) is 0 Å². The van der Waals surface area contributed by atoms with Gasteiger partial charge in [0.05, 0.1) is 11.9 Å². The second-order valence-electron chi connectivity index (χ2n) is 6.73. The number of aromatic amines is 1. The van der Waals surface area contributed by atoms with E-state index < -0.39 is 0 Å². The fourth-order valence-corrected chi connectivity index (χ4v) is 4.09. The number of hydrogen-bond acceptors (Lipinski definition) is 4. The van der Waals surface area contributed by atoms with Gasteiger partial charge in [0.25, 0.3) is 5.56 Å². The number of benzene rings is 2. The van der Waals surface area contributed by atoms with Crippen molar-refractivity contribution in [1.29, 1.82) is 0 Å². The molecule has 4 aromatic rings. The van der Waals surface area contributed by atoms with E-state index in [4.69, 9.17) is 0 Å². The lowest BCUT2D eigenvalue weighted by atomic mass is 10.0. The van der Waals surface area contributed by atoms with E-state index in [1.165, 1.54) is 28.0 Å². The maximum absolute atomic E-state index is 12.7. The molecule has 2 heterocycles. The highest BCUT2D eigenvalue weighted by Crippen LogP contribution is 2.31. The highest BCUT2D eigenvalue weighted by atomic mass is 32.1. The fraction of sp³-hybridized carbons (Fsp3) is 0.182. The van der Waals surface area contributed by atoms with Crippen molar-refractivity contribution in [2.24, 2.45) is 0 Å². The highest BCUT2D eigenvalue weighted by Gasteiger charge is 2.13. The van der Waals surface area contributed by atoms with Crippen molar-refractivity contribution in [3.63, 3.8) is 0 Å². The van der Waals surface area contributed by atoms with Crippen molar-refractivity contribution in [2.45, 2.75) is 26.9 Å².